The fourth-order valence-electron chi connectivity index (χ4n) is 2.81. The molecule has 0 aromatic heterocycles. The largest absolute Gasteiger partial charge is 0.295 e. The highest BCUT2D eigenvalue weighted by molar-refractivity contribution is 9.10. The summed E-state index contributed by atoms with van der Waals surface area (Å²) >= 11 is 3.56. The summed E-state index contributed by atoms with van der Waals surface area (Å²) in [6, 6.07) is 9.84. The van der Waals surface area contributed by atoms with Crippen LogP contribution < -0.4 is 10.3 Å². The summed E-state index contributed by atoms with van der Waals surface area (Å²) in [6.45, 7) is 1.47. The Hall–Kier alpha value is -1.85. The number of nitrogens with zero attached hydrogens (tertiary/aromatic N) is 2. The molecule has 0 spiro atoms. The van der Waals surface area contributed by atoms with Gasteiger partial charge >= 0.3 is 0 Å². The van der Waals surface area contributed by atoms with Crippen molar-refractivity contribution in [3.8, 4) is 0 Å². The summed E-state index contributed by atoms with van der Waals surface area (Å²) in [5.41, 5.74) is 1.70. The number of carbonyl (C=O) groups excluding carboxylic acids is 1. The van der Waals surface area contributed by atoms with Gasteiger partial charge in [-0.05, 0) is 23.6 Å². The van der Waals surface area contributed by atoms with E-state index < -0.39 is 0 Å². The number of halogens is 1. The molecule has 2 aliphatic heterocycles. The molecule has 0 aliphatic carbocycles. The number of rotatable bonds is 1. The first-order valence-electron chi connectivity index (χ1n) is 6.47. The van der Waals surface area contributed by atoms with E-state index in [0.717, 1.165) is 33.0 Å². The molecule has 100 valence electrons. The van der Waals surface area contributed by atoms with Gasteiger partial charge in [-0.15, -0.1) is 0 Å². The molecule has 0 saturated carbocycles. The lowest BCUT2D eigenvalue weighted by atomic mass is 10.1. The predicted molar refractivity (Wildman–Crippen MR) is 82.3 cm³/mol. The van der Waals surface area contributed by atoms with Crippen molar-refractivity contribution in [2.45, 2.75) is 0 Å². The SMILES string of the molecule is O=C1c2cccc3c(Br)ccc(c23)N1N1C=CCNC1. The summed E-state index contributed by atoms with van der Waals surface area (Å²) in [7, 11) is 0. The Morgan fingerprint density at radius 1 is 1.20 bits per heavy atom. The minimum Gasteiger partial charge on any atom is -0.295 e. The van der Waals surface area contributed by atoms with Gasteiger partial charge in [0.15, 0.2) is 0 Å². The second kappa shape index (κ2) is 4.33. The van der Waals surface area contributed by atoms with Gasteiger partial charge in [0.05, 0.1) is 17.9 Å². The fourth-order valence-corrected chi connectivity index (χ4v) is 3.28. The minimum absolute atomic E-state index is 0.0250. The van der Waals surface area contributed by atoms with Crippen molar-refractivity contribution >= 4 is 38.3 Å². The van der Waals surface area contributed by atoms with E-state index in [4.69, 9.17) is 0 Å². The second-order valence-corrected chi connectivity index (χ2v) is 5.70. The molecule has 2 heterocycles. The van der Waals surface area contributed by atoms with Crippen molar-refractivity contribution in [1.29, 1.82) is 0 Å². The summed E-state index contributed by atoms with van der Waals surface area (Å²) in [5, 5.41) is 8.99. The molecule has 0 bridgehead atoms. The van der Waals surface area contributed by atoms with Crippen LogP contribution in [0.2, 0.25) is 0 Å². The topological polar surface area (TPSA) is 35.6 Å². The smallest absolute Gasteiger partial charge is 0.277 e. The highest BCUT2D eigenvalue weighted by atomic mass is 79.9. The number of nitrogens with one attached hydrogen (secondary N) is 1. The zero-order chi connectivity index (χ0) is 13.7. The predicted octanol–water partition coefficient (Wildman–Crippen LogP) is 2.85. The molecule has 2 aromatic rings. The molecule has 1 amide bonds. The Bertz CT molecular complexity index is 756. The lowest BCUT2D eigenvalue weighted by molar-refractivity contribution is 0.0929. The molecule has 5 heteroatoms. The molecule has 4 nitrogen and oxygen atoms in total. The Balaban J connectivity index is 1.96. The van der Waals surface area contributed by atoms with Crippen LogP contribution in [0.5, 0.6) is 0 Å². The van der Waals surface area contributed by atoms with Gasteiger partial charge in [-0.3, -0.25) is 15.1 Å². The first-order valence-corrected chi connectivity index (χ1v) is 7.26. The first kappa shape index (κ1) is 11.9. The summed E-state index contributed by atoms with van der Waals surface area (Å²) in [6.07, 6.45) is 3.96. The van der Waals surface area contributed by atoms with Crippen LogP contribution in [0.1, 0.15) is 10.4 Å². The molecule has 0 radical (unpaired) electrons. The zero-order valence-electron chi connectivity index (χ0n) is 10.6. The minimum atomic E-state index is 0.0250. The van der Waals surface area contributed by atoms with Gasteiger partial charge in [0.2, 0.25) is 0 Å². The van der Waals surface area contributed by atoms with Crippen LogP contribution in [-0.2, 0) is 0 Å². The van der Waals surface area contributed by atoms with Crippen LogP contribution in [0.15, 0.2) is 47.1 Å². The lowest BCUT2D eigenvalue weighted by Crippen LogP contribution is -2.47. The maximum Gasteiger partial charge on any atom is 0.277 e. The van der Waals surface area contributed by atoms with E-state index >= 15 is 0 Å². The van der Waals surface area contributed by atoms with E-state index in [9.17, 15) is 4.79 Å². The Morgan fingerprint density at radius 2 is 2.10 bits per heavy atom. The molecule has 2 aliphatic rings. The monoisotopic (exact) mass is 329 g/mol. The first-order chi connectivity index (χ1) is 9.77. The van der Waals surface area contributed by atoms with Crippen molar-refractivity contribution in [1.82, 2.24) is 10.3 Å². The van der Waals surface area contributed by atoms with Gasteiger partial charge in [0, 0.05) is 22.6 Å². The normalized spacial score (nSPS) is 17.4. The van der Waals surface area contributed by atoms with Gasteiger partial charge in [-0.25, -0.2) is 5.01 Å². The molecule has 0 saturated heterocycles. The average molecular weight is 330 g/mol. The van der Waals surface area contributed by atoms with Crippen LogP contribution >= 0.6 is 15.9 Å². The van der Waals surface area contributed by atoms with E-state index in [1.807, 2.05) is 47.6 Å². The molecular weight excluding hydrogens is 318 g/mol. The van der Waals surface area contributed by atoms with Crippen LogP contribution in [0.25, 0.3) is 10.8 Å². The number of benzene rings is 2. The average Bonchev–Trinajstić information content (AvgIpc) is 2.78. The molecule has 0 unspecified atom stereocenters. The standard InChI is InChI=1S/C15H12BrN3O/c16-12-5-6-13-14-10(12)3-1-4-11(14)15(20)19(13)18-8-2-7-17-9-18/h1-6,8,17H,7,9H2. The third kappa shape index (κ3) is 1.53. The molecule has 2 aromatic carbocycles. The molecule has 0 atom stereocenters. The van der Waals surface area contributed by atoms with Crippen LogP contribution in [0.3, 0.4) is 0 Å². The van der Waals surface area contributed by atoms with E-state index in [1.165, 1.54) is 0 Å². The number of hydrogen-bond donors (Lipinski definition) is 1. The third-order valence-electron chi connectivity index (χ3n) is 3.69. The van der Waals surface area contributed by atoms with Crippen LogP contribution in [0.4, 0.5) is 5.69 Å². The number of amides is 1. The second-order valence-electron chi connectivity index (χ2n) is 4.85. The van der Waals surface area contributed by atoms with E-state index in [1.54, 1.807) is 5.01 Å². The Labute approximate surface area is 124 Å². The van der Waals surface area contributed by atoms with E-state index in [2.05, 4.69) is 21.2 Å². The van der Waals surface area contributed by atoms with Gasteiger partial charge in [-0.2, -0.15) is 0 Å². The Kier molecular flexibility index (Phi) is 2.58. The highest BCUT2D eigenvalue weighted by Gasteiger charge is 2.33. The van der Waals surface area contributed by atoms with E-state index in [-0.39, 0.29) is 5.91 Å². The highest BCUT2D eigenvalue weighted by Crippen LogP contribution is 2.41. The number of hydrazine groups is 1. The van der Waals surface area contributed by atoms with Crippen LogP contribution in [-0.4, -0.2) is 24.1 Å². The fraction of sp³-hybridized carbons (Fsp3) is 0.133. The number of anilines is 1. The summed E-state index contributed by atoms with van der Waals surface area (Å²) in [5.74, 6) is 0.0250. The van der Waals surface area contributed by atoms with Gasteiger partial charge < -0.3 is 0 Å². The third-order valence-corrected chi connectivity index (χ3v) is 4.38. The van der Waals surface area contributed by atoms with Crippen molar-refractivity contribution in [2.75, 3.05) is 18.2 Å². The molecule has 0 fully saturated rings. The van der Waals surface area contributed by atoms with Crippen molar-refractivity contribution in [2.24, 2.45) is 0 Å². The van der Waals surface area contributed by atoms with Crippen molar-refractivity contribution < 1.29 is 4.79 Å². The summed E-state index contributed by atoms with van der Waals surface area (Å²) < 4.78 is 1.01. The maximum atomic E-state index is 12.7. The molecular formula is C15H12BrN3O. The number of hydrogen-bond acceptors (Lipinski definition) is 3. The molecule has 1 N–H and O–H groups in total. The molecule has 4 rings (SSSR count). The van der Waals surface area contributed by atoms with Crippen molar-refractivity contribution in [3.63, 3.8) is 0 Å². The Morgan fingerprint density at radius 3 is 2.90 bits per heavy atom. The van der Waals surface area contributed by atoms with Gasteiger partial charge in [-0.1, -0.05) is 34.1 Å². The maximum absolute atomic E-state index is 12.7. The van der Waals surface area contributed by atoms with Crippen LogP contribution in [0, 0.1) is 0 Å². The van der Waals surface area contributed by atoms with Gasteiger partial charge in [0.25, 0.3) is 5.91 Å². The van der Waals surface area contributed by atoms with Crippen molar-refractivity contribution in [3.05, 3.63) is 52.6 Å². The molecule has 20 heavy (non-hydrogen) atoms. The number of carbonyl (C=O) groups is 1. The quantitative estimate of drug-likeness (QED) is 0.873. The van der Waals surface area contributed by atoms with Gasteiger partial charge in [0.1, 0.15) is 0 Å². The zero-order valence-corrected chi connectivity index (χ0v) is 12.2. The summed E-state index contributed by atoms with van der Waals surface area (Å²) in [4.78, 5) is 12.7. The van der Waals surface area contributed by atoms with E-state index in [0.29, 0.717) is 6.67 Å². The lowest BCUT2D eigenvalue weighted by Gasteiger charge is -2.33.